The topological polar surface area (TPSA) is 64.8 Å². The van der Waals surface area contributed by atoms with Gasteiger partial charge in [-0.15, -0.1) is 0 Å². The van der Waals surface area contributed by atoms with Gasteiger partial charge in [-0.2, -0.15) is 0 Å². The minimum atomic E-state index is -0.417. The first-order valence-electron chi connectivity index (χ1n) is 7.04. The summed E-state index contributed by atoms with van der Waals surface area (Å²) in [5.41, 5.74) is 6.65. The fraction of sp³-hybridized carbons (Fsp3) is 0.533. The standard InChI is InChI=1S/C15H24N2O3/c1-4-17(5-2)10-11-20-13-9-7-8-12(14(13)16)15(18)19-6-3/h7-9H,4-6,10-11,16H2,1-3H3. The monoisotopic (exact) mass is 280 g/mol. The van der Waals surface area contributed by atoms with Gasteiger partial charge in [0.2, 0.25) is 0 Å². The van der Waals surface area contributed by atoms with Crippen LogP contribution in [0.15, 0.2) is 18.2 Å². The molecule has 0 saturated carbocycles. The number of anilines is 1. The predicted octanol–water partition coefficient (Wildman–Crippen LogP) is 2.17. The van der Waals surface area contributed by atoms with Gasteiger partial charge in [0.25, 0.3) is 0 Å². The van der Waals surface area contributed by atoms with E-state index in [1.807, 2.05) is 0 Å². The Morgan fingerprint density at radius 1 is 1.25 bits per heavy atom. The SMILES string of the molecule is CCOC(=O)c1cccc(OCCN(CC)CC)c1N. The Labute approximate surface area is 120 Å². The average molecular weight is 280 g/mol. The van der Waals surface area contributed by atoms with Crippen LogP contribution in [0.25, 0.3) is 0 Å². The zero-order valence-electron chi connectivity index (χ0n) is 12.5. The van der Waals surface area contributed by atoms with Crippen molar-refractivity contribution in [2.75, 3.05) is 38.6 Å². The summed E-state index contributed by atoms with van der Waals surface area (Å²) >= 11 is 0. The fourth-order valence-corrected chi connectivity index (χ4v) is 1.88. The number of benzene rings is 1. The molecule has 0 atom stereocenters. The van der Waals surface area contributed by atoms with Crippen LogP contribution in [0.3, 0.4) is 0 Å². The van der Waals surface area contributed by atoms with Gasteiger partial charge in [-0.05, 0) is 32.1 Å². The largest absolute Gasteiger partial charge is 0.490 e. The number of hydrogen-bond acceptors (Lipinski definition) is 5. The minimum absolute atomic E-state index is 0.325. The van der Waals surface area contributed by atoms with Gasteiger partial charge in [0.1, 0.15) is 12.4 Å². The highest BCUT2D eigenvalue weighted by Gasteiger charge is 2.14. The molecule has 0 heterocycles. The van der Waals surface area contributed by atoms with Gasteiger partial charge in [0.15, 0.2) is 0 Å². The second-order valence-electron chi connectivity index (χ2n) is 4.31. The van der Waals surface area contributed by atoms with E-state index in [-0.39, 0.29) is 0 Å². The number of esters is 1. The van der Waals surface area contributed by atoms with Crippen LogP contribution >= 0.6 is 0 Å². The molecule has 1 rings (SSSR count). The number of carbonyl (C=O) groups excluding carboxylic acids is 1. The lowest BCUT2D eigenvalue weighted by atomic mass is 10.1. The van der Waals surface area contributed by atoms with Gasteiger partial charge in [0, 0.05) is 6.54 Å². The van der Waals surface area contributed by atoms with Gasteiger partial charge in [-0.1, -0.05) is 19.9 Å². The van der Waals surface area contributed by atoms with E-state index in [1.165, 1.54) is 0 Å². The van der Waals surface area contributed by atoms with E-state index >= 15 is 0 Å². The van der Waals surface area contributed by atoms with E-state index in [4.69, 9.17) is 15.2 Å². The molecule has 0 unspecified atom stereocenters. The van der Waals surface area contributed by atoms with Crippen molar-refractivity contribution in [3.63, 3.8) is 0 Å². The highest BCUT2D eigenvalue weighted by molar-refractivity contribution is 5.96. The Balaban J connectivity index is 2.67. The van der Waals surface area contributed by atoms with Crippen LogP contribution < -0.4 is 10.5 Å². The average Bonchev–Trinajstić information content (AvgIpc) is 2.45. The first-order valence-corrected chi connectivity index (χ1v) is 7.04. The van der Waals surface area contributed by atoms with Gasteiger partial charge in [-0.25, -0.2) is 4.79 Å². The number of nitrogen functional groups attached to an aromatic ring is 1. The number of nitrogens with two attached hydrogens (primary N) is 1. The van der Waals surface area contributed by atoms with Crippen molar-refractivity contribution in [1.82, 2.24) is 4.90 Å². The number of hydrogen-bond donors (Lipinski definition) is 1. The second-order valence-corrected chi connectivity index (χ2v) is 4.31. The molecular weight excluding hydrogens is 256 g/mol. The summed E-state index contributed by atoms with van der Waals surface area (Å²) in [6, 6.07) is 5.15. The van der Waals surface area contributed by atoms with Crippen molar-refractivity contribution in [3.05, 3.63) is 23.8 Å². The quantitative estimate of drug-likeness (QED) is 0.584. The maximum atomic E-state index is 11.7. The van der Waals surface area contributed by atoms with Crippen LogP contribution in [0.2, 0.25) is 0 Å². The van der Waals surface area contributed by atoms with Crippen molar-refractivity contribution in [1.29, 1.82) is 0 Å². The van der Waals surface area contributed by atoms with Crippen LogP contribution in [0.1, 0.15) is 31.1 Å². The van der Waals surface area contributed by atoms with E-state index in [2.05, 4.69) is 18.7 Å². The fourth-order valence-electron chi connectivity index (χ4n) is 1.88. The zero-order valence-corrected chi connectivity index (χ0v) is 12.5. The number of ether oxygens (including phenoxy) is 2. The summed E-state index contributed by atoms with van der Waals surface area (Å²) in [5, 5.41) is 0. The van der Waals surface area contributed by atoms with Gasteiger partial charge in [-0.3, -0.25) is 0 Å². The van der Waals surface area contributed by atoms with Crippen molar-refractivity contribution >= 4 is 11.7 Å². The first kappa shape index (κ1) is 16.3. The summed E-state index contributed by atoms with van der Waals surface area (Å²) in [5.74, 6) is 0.113. The first-order chi connectivity index (χ1) is 9.63. The van der Waals surface area contributed by atoms with Crippen molar-refractivity contribution in [3.8, 4) is 5.75 Å². The molecule has 0 saturated heterocycles. The molecule has 2 N–H and O–H groups in total. The minimum Gasteiger partial charge on any atom is -0.490 e. The van der Waals surface area contributed by atoms with Crippen LogP contribution in [0, 0.1) is 0 Å². The van der Waals surface area contributed by atoms with Gasteiger partial charge >= 0.3 is 5.97 Å². The third-order valence-corrected chi connectivity index (χ3v) is 3.12. The van der Waals surface area contributed by atoms with Crippen molar-refractivity contribution in [2.24, 2.45) is 0 Å². The smallest absolute Gasteiger partial charge is 0.340 e. The zero-order chi connectivity index (χ0) is 15.0. The van der Waals surface area contributed by atoms with E-state index in [1.54, 1.807) is 25.1 Å². The summed E-state index contributed by atoms with van der Waals surface area (Å²) in [6.07, 6.45) is 0. The maximum absolute atomic E-state index is 11.7. The molecule has 0 amide bonds. The molecule has 0 fully saturated rings. The summed E-state index contributed by atoms with van der Waals surface area (Å²) in [6.45, 7) is 9.65. The van der Waals surface area contributed by atoms with Crippen LogP contribution in [-0.4, -0.2) is 43.7 Å². The molecule has 0 spiro atoms. The molecule has 0 aromatic heterocycles. The third-order valence-electron chi connectivity index (χ3n) is 3.12. The summed E-state index contributed by atoms with van der Waals surface area (Å²) in [4.78, 5) is 14.0. The van der Waals surface area contributed by atoms with Crippen molar-refractivity contribution in [2.45, 2.75) is 20.8 Å². The lowest BCUT2D eigenvalue weighted by molar-refractivity contribution is 0.0527. The highest BCUT2D eigenvalue weighted by Crippen LogP contribution is 2.25. The molecule has 0 bridgehead atoms. The Morgan fingerprint density at radius 3 is 2.55 bits per heavy atom. The van der Waals surface area contributed by atoms with E-state index in [0.29, 0.717) is 30.2 Å². The van der Waals surface area contributed by atoms with E-state index in [9.17, 15) is 4.79 Å². The molecule has 1 aromatic carbocycles. The molecule has 20 heavy (non-hydrogen) atoms. The molecule has 0 aliphatic heterocycles. The van der Waals surface area contributed by atoms with E-state index in [0.717, 1.165) is 19.6 Å². The Hall–Kier alpha value is -1.75. The summed E-state index contributed by atoms with van der Waals surface area (Å²) in [7, 11) is 0. The number of carbonyl (C=O) groups is 1. The highest BCUT2D eigenvalue weighted by atomic mass is 16.5. The third kappa shape index (κ3) is 4.42. The van der Waals surface area contributed by atoms with Crippen LogP contribution in [0.5, 0.6) is 5.75 Å². The molecule has 112 valence electrons. The van der Waals surface area contributed by atoms with E-state index < -0.39 is 5.97 Å². The molecular formula is C15H24N2O3. The molecule has 0 radical (unpaired) electrons. The number of rotatable bonds is 8. The Morgan fingerprint density at radius 2 is 1.95 bits per heavy atom. The van der Waals surface area contributed by atoms with Crippen LogP contribution in [0.4, 0.5) is 5.69 Å². The molecule has 5 heteroatoms. The molecule has 1 aromatic rings. The molecule has 5 nitrogen and oxygen atoms in total. The lowest BCUT2D eigenvalue weighted by Gasteiger charge is -2.18. The van der Waals surface area contributed by atoms with Gasteiger partial charge < -0.3 is 20.1 Å². The lowest BCUT2D eigenvalue weighted by Crippen LogP contribution is -2.28. The Kier molecular flexibility index (Phi) is 6.87. The Bertz CT molecular complexity index is 431. The maximum Gasteiger partial charge on any atom is 0.340 e. The van der Waals surface area contributed by atoms with Gasteiger partial charge in [0.05, 0.1) is 17.9 Å². The second kappa shape index (κ2) is 8.43. The number of nitrogens with zero attached hydrogens (tertiary/aromatic N) is 1. The number of para-hydroxylation sites is 1. The number of likely N-dealkylation sites (N-methyl/N-ethyl adjacent to an activating group) is 1. The predicted molar refractivity (Wildman–Crippen MR) is 80.1 cm³/mol. The normalized spacial score (nSPS) is 10.6. The molecule has 0 aliphatic rings. The summed E-state index contributed by atoms with van der Waals surface area (Å²) < 4.78 is 10.6. The van der Waals surface area contributed by atoms with Crippen LogP contribution in [-0.2, 0) is 4.74 Å². The molecule has 0 aliphatic carbocycles. The van der Waals surface area contributed by atoms with Crippen molar-refractivity contribution < 1.29 is 14.3 Å².